The summed E-state index contributed by atoms with van der Waals surface area (Å²) < 4.78 is 38.5. The summed E-state index contributed by atoms with van der Waals surface area (Å²) in [4.78, 5) is 16.9. The maximum absolute atomic E-state index is 12.8. The monoisotopic (exact) mass is 509 g/mol. The zero-order valence-electron chi connectivity index (χ0n) is 20.3. The first kappa shape index (κ1) is 25.8. The molecule has 0 saturated carbocycles. The predicted octanol–water partition coefficient (Wildman–Crippen LogP) is 5.41. The number of carbonyl (C=O) groups is 1. The Balaban J connectivity index is 1.43. The van der Waals surface area contributed by atoms with Gasteiger partial charge in [-0.15, -0.1) is 10.2 Å². The van der Waals surface area contributed by atoms with Gasteiger partial charge in [0.05, 0.1) is 29.4 Å². The second-order valence-corrected chi connectivity index (χ2v) is 8.96. The van der Waals surface area contributed by atoms with Crippen molar-refractivity contribution >= 4 is 11.6 Å². The number of carbonyl (C=O) groups excluding carboxylic acids is 1. The first-order valence-electron chi connectivity index (χ1n) is 11.7. The number of aromatic nitrogens is 5. The number of amides is 1. The Labute approximate surface area is 211 Å². The molecule has 4 aromatic rings. The molecule has 0 bridgehead atoms. The third-order valence-corrected chi connectivity index (χ3v) is 5.68. The van der Waals surface area contributed by atoms with Gasteiger partial charge in [0.2, 0.25) is 0 Å². The van der Waals surface area contributed by atoms with Crippen LogP contribution in [-0.2, 0) is 12.7 Å². The third-order valence-electron chi connectivity index (χ3n) is 5.68. The quantitative estimate of drug-likeness (QED) is 0.278. The number of alkyl halides is 3. The lowest BCUT2D eigenvalue weighted by molar-refractivity contribution is -0.137. The van der Waals surface area contributed by atoms with Crippen molar-refractivity contribution in [3.05, 3.63) is 89.5 Å². The number of pyridine rings is 1. The van der Waals surface area contributed by atoms with Crippen LogP contribution in [0.4, 0.5) is 18.9 Å². The standard InChI is InChI=1S/C26H26F3N7O/c1-16(2)13-23(22-12-7-19(14-30-22)25(37)31-15-24-33-35-36-34-24)32-21-10-5-18(6-11-21)17-3-8-20(9-4-17)26(27,28)29/h3-12,14,16,23,32H,13,15H2,1-2H3,(H,31,37)(H,33,34,35,36). The Kier molecular flexibility index (Phi) is 7.80. The summed E-state index contributed by atoms with van der Waals surface area (Å²) in [5, 5.41) is 19.6. The number of anilines is 1. The lowest BCUT2D eigenvalue weighted by Gasteiger charge is -2.22. The van der Waals surface area contributed by atoms with Crippen molar-refractivity contribution in [1.29, 1.82) is 0 Å². The topological polar surface area (TPSA) is 108 Å². The Morgan fingerprint density at radius 2 is 1.65 bits per heavy atom. The lowest BCUT2D eigenvalue weighted by Crippen LogP contribution is -2.24. The lowest BCUT2D eigenvalue weighted by atomic mass is 9.99. The normalized spacial score (nSPS) is 12.4. The Hall–Kier alpha value is -4.28. The van der Waals surface area contributed by atoms with Crippen LogP contribution in [0.1, 0.15) is 53.7 Å². The average molecular weight is 510 g/mol. The number of benzene rings is 2. The molecule has 0 radical (unpaired) electrons. The molecule has 3 N–H and O–H groups in total. The van der Waals surface area contributed by atoms with Gasteiger partial charge in [0.15, 0.2) is 5.82 Å². The highest BCUT2D eigenvalue weighted by Crippen LogP contribution is 2.32. The molecule has 1 unspecified atom stereocenters. The summed E-state index contributed by atoms with van der Waals surface area (Å²) in [7, 11) is 0. The van der Waals surface area contributed by atoms with Gasteiger partial charge in [0.25, 0.3) is 5.91 Å². The van der Waals surface area contributed by atoms with E-state index in [0.717, 1.165) is 35.5 Å². The van der Waals surface area contributed by atoms with Crippen LogP contribution in [0.25, 0.3) is 11.1 Å². The number of aromatic amines is 1. The van der Waals surface area contributed by atoms with Crippen molar-refractivity contribution in [2.45, 2.75) is 39.0 Å². The maximum Gasteiger partial charge on any atom is 0.416 e. The van der Waals surface area contributed by atoms with Gasteiger partial charge < -0.3 is 10.6 Å². The molecule has 2 heterocycles. The molecule has 1 amide bonds. The second-order valence-electron chi connectivity index (χ2n) is 8.96. The van der Waals surface area contributed by atoms with Crippen molar-refractivity contribution < 1.29 is 18.0 Å². The fourth-order valence-corrected chi connectivity index (χ4v) is 3.80. The van der Waals surface area contributed by atoms with E-state index in [-0.39, 0.29) is 18.5 Å². The zero-order chi connectivity index (χ0) is 26.4. The highest BCUT2D eigenvalue weighted by atomic mass is 19.4. The molecule has 0 aliphatic carbocycles. The Morgan fingerprint density at radius 1 is 0.973 bits per heavy atom. The SMILES string of the molecule is CC(C)CC(Nc1ccc(-c2ccc(C(F)(F)F)cc2)cc1)c1ccc(C(=O)NCc2nn[nH]n2)cn1. The number of tetrazole rings is 1. The number of nitrogens with one attached hydrogen (secondary N) is 3. The van der Waals surface area contributed by atoms with Crippen molar-refractivity contribution in [2.75, 3.05) is 5.32 Å². The average Bonchev–Trinajstić information content (AvgIpc) is 3.41. The van der Waals surface area contributed by atoms with E-state index in [9.17, 15) is 18.0 Å². The number of rotatable bonds is 9. The van der Waals surface area contributed by atoms with Crippen LogP contribution in [0.5, 0.6) is 0 Å². The van der Waals surface area contributed by atoms with E-state index in [0.29, 0.717) is 22.9 Å². The highest BCUT2D eigenvalue weighted by Gasteiger charge is 2.30. The van der Waals surface area contributed by atoms with E-state index in [1.165, 1.54) is 18.3 Å². The minimum Gasteiger partial charge on any atom is -0.377 e. The highest BCUT2D eigenvalue weighted by molar-refractivity contribution is 5.93. The fraction of sp³-hybridized carbons (Fsp3) is 0.269. The molecule has 0 fully saturated rings. The smallest absolute Gasteiger partial charge is 0.377 e. The Bertz CT molecular complexity index is 1290. The van der Waals surface area contributed by atoms with Crippen LogP contribution in [0.3, 0.4) is 0 Å². The summed E-state index contributed by atoms with van der Waals surface area (Å²) in [6, 6.07) is 16.0. The van der Waals surface area contributed by atoms with E-state index in [1.807, 2.05) is 30.3 Å². The molecule has 0 aliphatic heterocycles. The van der Waals surface area contributed by atoms with Gasteiger partial charge in [0, 0.05) is 11.9 Å². The van der Waals surface area contributed by atoms with Crippen LogP contribution in [0.2, 0.25) is 0 Å². The molecule has 8 nitrogen and oxygen atoms in total. The second kappa shape index (κ2) is 11.2. The molecule has 0 saturated heterocycles. The number of nitrogens with zero attached hydrogens (tertiary/aromatic N) is 4. The molecule has 4 rings (SSSR count). The van der Waals surface area contributed by atoms with Crippen LogP contribution in [-0.4, -0.2) is 31.5 Å². The molecule has 0 aliphatic rings. The predicted molar refractivity (Wildman–Crippen MR) is 132 cm³/mol. The zero-order valence-corrected chi connectivity index (χ0v) is 20.3. The van der Waals surface area contributed by atoms with Crippen molar-refractivity contribution in [3.8, 4) is 11.1 Å². The third kappa shape index (κ3) is 6.90. The summed E-state index contributed by atoms with van der Waals surface area (Å²) in [6.45, 7) is 4.38. The molecule has 37 heavy (non-hydrogen) atoms. The molecule has 11 heteroatoms. The van der Waals surface area contributed by atoms with Crippen molar-refractivity contribution in [3.63, 3.8) is 0 Å². The minimum atomic E-state index is -4.36. The van der Waals surface area contributed by atoms with Gasteiger partial charge in [0.1, 0.15) is 0 Å². The molecule has 2 aromatic heterocycles. The van der Waals surface area contributed by atoms with E-state index in [1.54, 1.807) is 6.07 Å². The van der Waals surface area contributed by atoms with Crippen LogP contribution < -0.4 is 10.6 Å². The van der Waals surface area contributed by atoms with Gasteiger partial charge in [-0.3, -0.25) is 9.78 Å². The summed E-state index contributed by atoms with van der Waals surface area (Å²) in [6.07, 6.45) is -2.02. The summed E-state index contributed by atoms with van der Waals surface area (Å²) >= 11 is 0. The summed E-state index contributed by atoms with van der Waals surface area (Å²) in [5.74, 6) is 0.461. The number of hydrogen-bond acceptors (Lipinski definition) is 6. The van der Waals surface area contributed by atoms with E-state index in [4.69, 9.17) is 0 Å². The molecule has 192 valence electrons. The molecule has 1 atom stereocenters. The van der Waals surface area contributed by atoms with Gasteiger partial charge in [-0.2, -0.15) is 18.4 Å². The van der Waals surface area contributed by atoms with Gasteiger partial charge in [-0.1, -0.05) is 43.3 Å². The van der Waals surface area contributed by atoms with Gasteiger partial charge in [-0.05, 0) is 59.9 Å². The van der Waals surface area contributed by atoms with Crippen LogP contribution in [0.15, 0.2) is 66.9 Å². The van der Waals surface area contributed by atoms with Gasteiger partial charge in [-0.25, -0.2) is 0 Å². The molecular weight excluding hydrogens is 483 g/mol. The van der Waals surface area contributed by atoms with Crippen LogP contribution >= 0.6 is 0 Å². The fourth-order valence-electron chi connectivity index (χ4n) is 3.80. The maximum atomic E-state index is 12.8. The molecule has 0 spiro atoms. The number of halogens is 3. The van der Waals surface area contributed by atoms with E-state index < -0.39 is 11.7 Å². The first-order valence-corrected chi connectivity index (χ1v) is 11.7. The van der Waals surface area contributed by atoms with Crippen LogP contribution in [0, 0.1) is 5.92 Å². The minimum absolute atomic E-state index is 0.103. The first-order chi connectivity index (χ1) is 17.7. The van der Waals surface area contributed by atoms with E-state index in [2.05, 4.69) is 50.1 Å². The molecular formula is C26H26F3N7O. The summed E-state index contributed by atoms with van der Waals surface area (Å²) in [5.41, 5.74) is 2.90. The Morgan fingerprint density at radius 3 is 2.19 bits per heavy atom. The van der Waals surface area contributed by atoms with E-state index >= 15 is 0 Å². The largest absolute Gasteiger partial charge is 0.416 e. The van der Waals surface area contributed by atoms with Crippen molar-refractivity contribution in [1.82, 2.24) is 30.9 Å². The number of H-pyrrole nitrogens is 1. The van der Waals surface area contributed by atoms with Crippen molar-refractivity contribution in [2.24, 2.45) is 5.92 Å². The van der Waals surface area contributed by atoms with Gasteiger partial charge >= 0.3 is 6.18 Å². The number of hydrogen-bond donors (Lipinski definition) is 3. The molecule has 2 aromatic carbocycles.